The largest absolute Gasteiger partial charge is 0.0836 e. The molecule has 10 rings (SSSR count). The van der Waals surface area contributed by atoms with Crippen molar-refractivity contribution in [3.63, 3.8) is 0 Å². The quantitative estimate of drug-likeness (QED) is 0.169. The van der Waals surface area contributed by atoms with E-state index in [0.29, 0.717) is 0 Å². The molecule has 9 aromatic carbocycles. The van der Waals surface area contributed by atoms with Crippen LogP contribution in [0.1, 0.15) is 17.5 Å². The number of aryl methyl sites for hydroxylation is 1. The van der Waals surface area contributed by atoms with Gasteiger partial charge in [0.15, 0.2) is 0 Å². The van der Waals surface area contributed by atoms with Gasteiger partial charge in [0.25, 0.3) is 0 Å². The maximum Gasteiger partial charge on any atom is -0.00259 e. The Bertz CT molecular complexity index is 2800. The van der Waals surface area contributed by atoms with Crippen LogP contribution < -0.4 is 0 Å². The highest BCUT2D eigenvalue weighted by atomic mass is 14.2. The first-order valence-corrected chi connectivity index (χ1v) is 17.7. The molecule has 0 saturated carbocycles. The fourth-order valence-electron chi connectivity index (χ4n) is 8.32. The normalized spacial score (nSPS) is 12.6. The average Bonchev–Trinajstić information content (AvgIpc) is 3.19. The molecule has 0 unspecified atom stereocenters. The molecule has 0 N–H and O–H groups in total. The van der Waals surface area contributed by atoms with Crippen molar-refractivity contribution < 1.29 is 0 Å². The number of allylic oxidation sites excluding steroid dienone is 1. The standard InChI is InChI=1S/C50H34/c1-2-14-35(15-3-1)41-28-29-42(44-19-9-8-18-43(41)44)38-26-27-47-48(32-38)50(40-25-23-34-13-5-7-17-37(34)31-40)46-21-11-10-20-45(46)49(47)39-24-22-33-12-4-6-16-36(33)30-39/h1-5,7-15,17-32H,6,16H2. The van der Waals surface area contributed by atoms with Crippen molar-refractivity contribution >= 4 is 49.2 Å². The average molecular weight is 635 g/mol. The summed E-state index contributed by atoms with van der Waals surface area (Å²) in [5.74, 6) is 0. The van der Waals surface area contributed by atoms with Gasteiger partial charge in [-0.2, -0.15) is 0 Å². The van der Waals surface area contributed by atoms with E-state index in [0.717, 1.165) is 12.8 Å². The molecule has 0 fully saturated rings. The van der Waals surface area contributed by atoms with Crippen LogP contribution in [-0.2, 0) is 6.42 Å². The van der Waals surface area contributed by atoms with Crippen molar-refractivity contribution in [1.82, 2.24) is 0 Å². The summed E-state index contributed by atoms with van der Waals surface area (Å²) >= 11 is 0. The topological polar surface area (TPSA) is 0 Å². The van der Waals surface area contributed by atoms with Gasteiger partial charge in [0.1, 0.15) is 0 Å². The van der Waals surface area contributed by atoms with E-state index >= 15 is 0 Å². The number of benzene rings is 9. The van der Waals surface area contributed by atoms with Crippen LogP contribution in [0.4, 0.5) is 0 Å². The third-order valence-corrected chi connectivity index (χ3v) is 10.7. The second-order valence-corrected chi connectivity index (χ2v) is 13.5. The fourth-order valence-corrected chi connectivity index (χ4v) is 8.32. The summed E-state index contributed by atoms with van der Waals surface area (Å²) in [6, 6.07) is 63.2. The molecule has 0 nitrogen and oxygen atoms in total. The monoisotopic (exact) mass is 634 g/mol. The first-order chi connectivity index (χ1) is 24.8. The van der Waals surface area contributed by atoms with Crippen LogP contribution in [0.15, 0.2) is 176 Å². The molecule has 0 radical (unpaired) electrons. The van der Waals surface area contributed by atoms with Crippen LogP contribution in [0, 0.1) is 0 Å². The van der Waals surface area contributed by atoms with Gasteiger partial charge in [-0.15, -0.1) is 0 Å². The number of rotatable bonds is 4. The number of hydrogen-bond acceptors (Lipinski definition) is 0. The lowest BCUT2D eigenvalue weighted by Crippen LogP contribution is -1.96. The van der Waals surface area contributed by atoms with Gasteiger partial charge in [-0.3, -0.25) is 0 Å². The second-order valence-electron chi connectivity index (χ2n) is 13.5. The minimum Gasteiger partial charge on any atom is -0.0836 e. The molecule has 0 bridgehead atoms. The predicted octanol–water partition coefficient (Wildman–Crippen LogP) is 13.9. The number of fused-ring (bicyclic) bond motifs is 5. The third kappa shape index (κ3) is 4.68. The minimum atomic E-state index is 1.08. The van der Waals surface area contributed by atoms with E-state index in [4.69, 9.17) is 0 Å². The molecule has 0 heterocycles. The summed E-state index contributed by atoms with van der Waals surface area (Å²) < 4.78 is 0. The van der Waals surface area contributed by atoms with Crippen LogP contribution in [0.3, 0.4) is 0 Å². The molecular formula is C50H34. The van der Waals surface area contributed by atoms with Crippen molar-refractivity contribution in [2.24, 2.45) is 0 Å². The van der Waals surface area contributed by atoms with E-state index < -0.39 is 0 Å². The van der Waals surface area contributed by atoms with Crippen molar-refractivity contribution in [1.29, 1.82) is 0 Å². The van der Waals surface area contributed by atoms with Gasteiger partial charge in [0.05, 0.1) is 0 Å². The van der Waals surface area contributed by atoms with Gasteiger partial charge in [-0.1, -0.05) is 170 Å². The second kappa shape index (κ2) is 11.7. The highest BCUT2D eigenvalue weighted by Gasteiger charge is 2.19. The summed E-state index contributed by atoms with van der Waals surface area (Å²) in [6.45, 7) is 0. The van der Waals surface area contributed by atoms with Crippen LogP contribution in [0.5, 0.6) is 0 Å². The minimum absolute atomic E-state index is 1.08. The Morgan fingerprint density at radius 3 is 1.70 bits per heavy atom. The van der Waals surface area contributed by atoms with Crippen molar-refractivity contribution in [2.45, 2.75) is 12.8 Å². The van der Waals surface area contributed by atoms with Gasteiger partial charge in [0, 0.05) is 0 Å². The van der Waals surface area contributed by atoms with E-state index in [1.54, 1.807) is 0 Å². The van der Waals surface area contributed by atoms with Crippen LogP contribution in [0.2, 0.25) is 0 Å². The van der Waals surface area contributed by atoms with Crippen molar-refractivity contribution in [3.8, 4) is 44.5 Å². The highest BCUT2D eigenvalue weighted by Crippen LogP contribution is 2.46. The third-order valence-electron chi connectivity index (χ3n) is 10.7. The molecule has 0 aliphatic heterocycles. The van der Waals surface area contributed by atoms with E-state index in [2.05, 4.69) is 182 Å². The van der Waals surface area contributed by atoms with E-state index in [9.17, 15) is 0 Å². The van der Waals surface area contributed by atoms with E-state index in [1.165, 1.54) is 98.7 Å². The summed E-state index contributed by atoms with van der Waals surface area (Å²) in [6.07, 6.45) is 6.75. The first kappa shape index (κ1) is 28.7. The Labute approximate surface area is 292 Å². The molecule has 50 heavy (non-hydrogen) atoms. The van der Waals surface area contributed by atoms with E-state index in [-0.39, 0.29) is 0 Å². The number of hydrogen-bond donors (Lipinski definition) is 0. The lowest BCUT2D eigenvalue weighted by molar-refractivity contribution is 0.986. The van der Waals surface area contributed by atoms with Crippen molar-refractivity contribution in [2.75, 3.05) is 0 Å². The van der Waals surface area contributed by atoms with Gasteiger partial charge in [0.2, 0.25) is 0 Å². The lowest BCUT2D eigenvalue weighted by Gasteiger charge is -2.20. The molecule has 0 spiro atoms. The maximum atomic E-state index is 2.46. The Morgan fingerprint density at radius 1 is 0.340 bits per heavy atom. The Balaban J connectivity index is 1.29. The van der Waals surface area contributed by atoms with Gasteiger partial charge in [-0.25, -0.2) is 0 Å². The van der Waals surface area contributed by atoms with Crippen molar-refractivity contribution in [3.05, 3.63) is 187 Å². The predicted molar refractivity (Wildman–Crippen MR) is 216 cm³/mol. The molecular weight excluding hydrogens is 601 g/mol. The maximum absolute atomic E-state index is 2.46. The Morgan fingerprint density at radius 2 is 0.920 bits per heavy atom. The van der Waals surface area contributed by atoms with Gasteiger partial charge < -0.3 is 0 Å². The van der Waals surface area contributed by atoms with Gasteiger partial charge in [-0.05, 0) is 124 Å². The van der Waals surface area contributed by atoms with Crippen LogP contribution >= 0.6 is 0 Å². The zero-order valence-corrected chi connectivity index (χ0v) is 27.7. The zero-order chi connectivity index (χ0) is 33.0. The molecule has 1 aliphatic carbocycles. The fraction of sp³-hybridized carbons (Fsp3) is 0.0400. The summed E-state index contributed by atoms with van der Waals surface area (Å²) in [7, 11) is 0. The first-order valence-electron chi connectivity index (χ1n) is 17.7. The SMILES string of the molecule is C1=Cc2ccc(-c3c4ccccc4c(-c4ccc5ccccc5c4)c4cc(-c5ccc(-c6ccccc6)c6ccccc56)ccc34)cc2CC1. The summed E-state index contributed by atoms with van der Waals surface area (Å²) in [4.78, 5) is 0. The summed E-state index contributed by atoms with van der Waals surface area (Å²) in [5.41, 5.74) is 12.9. The highest BCUT2D eigenvalue weighted by molar-refractivity contribution is 6.22. The molecule has 0 saturated heterocycles. The molecule has 0 atom stereocenters. The van der Waals surface area contributed by atoms with E-state index in [1.807, 2.05) is 0 Å². The Kier molecular flexibility index (Phi) is 6.74. The Hall–Kier alpha value is -6.24. The molecule has 0 heteroatoms. The smallest absolute Gasteiger partial charge is 0.00259 e. The molecule has 9 aromatic rings. The molecule has 0 aromatic heterocycles. The lowest BCUT2D eigenvalue weighted by atomic mass is 9.83. The van der Waals surface area contributed by atoms with Crippen LogP contribution in [-0.4, -0.2) is 0 Å². The molecule has 1 aliphatic rings. The zero-order valence-electron chi connectivity index (χ0n) is 27.7. The molecule has 0 amide bonds. The summed E-state index contributed by atoms with van der Waals surface area (Å²) in [5, 5.41) is 10.2. The van der Waals surface area contributed by atoms with Crippen LogP contribution in [0.25, 0.3) is 93.7 Å². The molecule has 234 valence electrons. The van der Waals surface area contributed by atoms with Gasteiger partial charge >= 0.3 is 0 Å².